The average molecular weight is 323 g/mol. The summed E-state index contributed by atoms with van der Waals surface area (Å²) in [6.07, 6.45) is 4.56. The van der Waals surface area contributed by atoms with Gasteiger partial charge < -0.3 is 22.6 Å². The maximum atomic E-state index is 7.12. The standard InChI is InChI=1S/C17H21N7/c1-17(2,21)9-24-8-12-15(23-24)11-4-3-10(13(19)5-6-18)7-14(11)22-16(12)20/h3-8,18H,9,19,21H2,1-2H3,(H2,20,22)/b13-5-,18-6?. The minimum atomic E-state index is -0.376. The molecule has 3 rings (SSSR count). The Hall–Kier alpha value is -2.93. The van der Waals surface area contributed by atoms with Crippen LogP contribution in [0.5, 0.6) is 0 Å². The van der Waals surface area contributed by atoms with Crippen molar-refractivity contribution in [3.63, 3.8) is 0 Å². The first kappa shape index (κ1) is 15.9. The second kappa shape index (κ2) is 5.61. The summed E-state index contributed by atoms with van der Waals surface area (Å²) in [4.78, 5) is 4.47. The molecular formula is C17H21N7. The Labute approximate surface area is 139 Å². The molecule has 0 aliphatic heterocycles. The lowest BCUT2D eigenvalue weighted by Crippen LogP contribution is -2.37. The molecule has 7 heteroatoms. The molecule has 0 saturated carbocycles. The molecule has 0 aliphatic carbocycles. The summed E-state index contributed by atoms with van der Waals surface area (Å²) in [5.74, 6) is 0.422. The van der Waals surface area contributed by atoms with Crippen molar-refractivity contribution in [2.45, 2.75) is 25.9 Å². The van der Waals surface area contributed by atoms with E-state index in [0.717, 1.165) is 33.6 Å². The number of nitrogens with zero attached hydrogens (tertiary/aromatic N) is 3. The number of nitrogens with one attached hydrogen (secondary N) is 1. The average Bonchev–Trinajstić information content (AvgIpc) is 2.89. The van der Waals surface area contributed by atoms with Gasteiger partial charge in [0.25, 0.3) is 0 Å². The maximum absolute atomic E-state index is 7.12. The molecule has 0 bridgehead atoms. The van der Waals surface area contributed by atoms with Gasteiger partial charge in [-0.2, -0.15) is 5.10 Å². The first-order valence-electron chi connectivity index (χ1n) is 7.60. The first-order valence-corrected chi connectivity index (χ1v) is 7.60. The van der Waals surface area contributed by atoms with Gasteiger partial charge >= 0.3 is 0 Å². The van der Waals surface area contributed by atoms with Gasteiger partial charge in [0.15, 0.2) is 0 Å². The fourth-order valence-corrected chi connectivity index (χ4v) is 2.69. The summed E-state index contributed by atoms with van der Waals surface area (Å²) >= 11 is 0. The Balaban J connectivity index is 2.19. The van der Waals surface area contributed by atoms with E-state index in [0.29, 0.717) is 18.1 Å². The molecule has 0 spiro atoms. The van der Waals surface area contributed by atoms with Crippen molar-refractivity contribution >= 4 is 39.5 Å². The van der Waals surface area contributed by atoms with Crippen LogP contribution in [-0.4, -0.2) is 26.5 Å². The molecule has 24 heavy (non-hydrogen) atoms. The van der Waals surface area contributed by atoms with Gasteiger partial charge in [0.05, 0.1) is 17.4 Å². The Morgan fingerprint density at radius 3 is 2.75 bits per heavy atom. The minimum Gasteiger partial charge on any atom is -0.398 e. The van der Waals surface area contributed by atoms with Crippen LogP contribution >= 0.6 is 0 Å². The highest BCUT2D eigenvalue weighted by atomic mass is 15.3. The lowest BCUT2D eigenvalue weighted by Gasteiger charge is -2.17. The van der Waals surface area contributed by atoms with E-state index in [9.17, 15) is 0 Å². The number of nitrogen functional groups attached to an aromatic ring is 1. The van der Waals surface area contributed by atoms with Gasteiger partial charge in [0.1, 0.15) is 11.3 Å². The molecule has 0 fully saturated rings. The summed E-state index contributed by atoms with van der Waals surface area (Å²) in [6, 6.07) is 5.67. The number of allylic oxidation sites excluding steroid dienone is 1. The molecular weight excluding hydrogens is 302 g/mol. The highest BCUT2D eigenvalue weighted by Gasteiger charge is 2.16. The second-order valence-corrected chi connectivity index (χ2v) is 6.60. The van der Waals surface area contributed by atoms with E-state index < -0.39 is 0 Å². The Morgan fingerprint density at radius 1 is 1.33 bits per heavy atom. The van der Waals surface area contributed by atoms with Gasteiger partial charge in [-0.15, -0.1) is 0 Å². The van der Waals surface area contributed by atoms with Gasteiger partial charge in [-0.25, -0.2) is 4.98 Å². The third-order valence-electron chi connectivity index (χ3n) is 3.70. The zero-order valence-electron chi connectivity index (χ0n) is 13.7. The first-order chi connectivity index (χ1) is 11.3. The lowest BCUT2D eigenvalue weighted by molar-refractivity contribution is 0.410. The molecule has 3 aromatic rings. The quantitative estimate of drug-likeness (QED) is 0.544. The molecule has 0 atom stereocenters. The number of pyridine rings is 1. The van der Waals surface area contributed by atoms with Crippen LogP contribution in [0.4, 0.5) is 5.82 Å². The van der Waals surface area contributed by atoms with E-state index in [1.807, 2.05) is 38.2 Å². The number of benzene rings is 1. The van der Waals surface area contributed by atoms with Crippen molar-refractivity contribution in [2.24, 2.45) is 11.5 Å². The third kappa shape index (κ3) is 2.93. The summed E-state index contributed by atoms with van der Waals surface area (Å²) in [5, 5.41) is 13.5. The molecule has 2 heterocycles. The largest absolute Gasteiger partial charge is 0.398 e. The summed E-state index contributed by atoms with van der Waals surface area (Å²) in [6.45, 7) is 4.48. The van der Waals surface area contributed by atoms with Crippen molar-refractivity contribution in [1.82, 2.24) is 14.8 Å². The molecule has 0 unspecified atom stereocenters. The lowest BCUT2D eigenvalue weighted by atomic mass is 10.1. The van der Waals surface area contributed by atoms with Gasteiger partial charge in [0, 0.05) is 29.0 Å². The van der Waals surface area contributed by atoms with Crippen molar-refractivity contribution < 1.29 is 0 Å². The number of aromatic nitrogens is 3. The van der Waals surface area contributed by atoms with Crippen LogP contribution in [0.15, 0.2) is 30.5 Å². The predicted octanol–water partition coefficient (Wildman–Crippen LogP) is 1.85. The van der Waals surface area contributed by atoms with Gasteiger partial charge in [-0.3, -0.25) is 4.68 Å². The monoisotopic (exact) mass is 323 g/mol. The third-order valence-corrected chi connectivity index (χ3v) is 3.70. The van der Waals surface area contributed by atoms with Crippen molar-refractivity contribution in [1.29, 1.82) is 5.41 Å². The number of rotatable bonds is 4. The van der Waals surface area contributed by atoms with Crippen LogP contribution in [0.2, 0.25) is 0 Å². The molecule has 0 amide bonds. The van der Waals surface area contributed by atoms with Crippen LogP contribution < -0.4 is 17.2 Å². The zero-order chi connectivity index (χ0) is 17.5. The van der Waals surface area contributed by atoms with Crippen LogP contribution in [-0.2, 0) is 6.54 Å². The molecule has 2 aromatic heterocycles. The van der Waals surface area contributed by atoms with E-state index >= 15 is 0 Å². The smallest absolute Gasteiger partial charge is 0.135 e. The molecule has 0 aliphatic rings. The van der Waals surface area contributed by atoms with E-state index in [1.54, 1.807) is 4.68 Å². The number of nitrogens with two attached hydrogens (primary N) is 3. The number of hydrogen-bond donors (Lipinski definition) is 4. The van der Waals surface area contributed by atoms with Crippen molar-refractivity contribution in [2.75, 3.05) is 5.73 Å². The van der Waals surface area contributed by atoms with E-state index in [1.165, 1.54) is 6.08 Å². The Morgan fingerprint density at radius 2 is 2.08 bits per heavy atom. The van der Waals surface area contributed by atoms with Crippen molar-refractivity contribution in [3.05, 3.63) is 36.0 Å². The fraction of sp³-hybridized carbons (Fsp3) is 0.235. The zero-order valence-corrected chi connectivity index (χ0v) is 13.7. The Bertz CT molecular complexity index is 960. The molecule has 1 aromatic carbocycles. The highest BCUT2D eigenvalue weighted by molar-refractivity contribution is 6.07. The van der Waals surface area contributed by atoms with Gasteiger partial charge in [0.2, 0.25) is 0 Å². The normalized spacial score (nSPS) is 12.9. The van der Waals surface area contributed by atoms with E-state index in [4.69, 9.17) is 22.6 Å². The molecule has 7 nitrogen and oxygen atoms in total. The van der Waals surface area contributed by atoms with E-state index in [2.05, 4.69) is 10.1 Å². The van der Waals surface area contributed by atoms with Crippen LogP contribution in [0.25, 0.3) is 27.5 Å². The highest BCUT2D eigenvalue weighted by Crippen LogP contribution is 2.28. The molecule has 0 radical (unpaired) electrons. The van der Waals surface area contributed by atoms with Gasteiger partial charge in [-0.05, 0) is 37.6 Å². The number of hydrogen-bond acceptors (Lipinski definition) is 6. The summed E-state index contributed by atoms with van der Waals surface area (Å²) in [5.41, 5.74) is 20.6. The maximum Gasteiger partial charge on any atom is 0.135 e. The van der Waals surface area contributed by atoms with Crippen LogP contribution in [0, 0.1) is 5.41 Å². The second-order valence-electron chi connectivity index (χ2n) is 6.60. The predicted molar refractivity (Wildman–Crippen MR) is 98.7 cm³/mol. The summed E-state index contributed by atoms with van der Waals surface area (Å²) < 4.78 is 1.80. The topological polar surface area (TPSA) is 133 Å². The van der Waals surface area contributed by atoms with Gasteiger partial charge in [-0.1, -0.05) is 6.07 Å². The molecule has 124 valence electrons. The van der Waals surface area contributed by atoms with Crippen LogP contribution in [0.3, 0.4) is 0 Å². The minimum absolute atomic E-state index is 0.376. The molecule has 7 N–H and O–H groups in total. The van der Waals surface area contributed by atoms with E-state index in [-0.39, 0.29) is 5.54 Å². The SMILES string of the molecule is CC(C)(N)Cn1cc2c(N)nc3cc(/C(N)=C/C=N)ccc3c2n1. The van der Waals surface area contributed by atoms with Crippen molar-refractivity contribution in [3.8, 4) is 0 Å². The molecule has 0 saturated heterocycles. The number of anilines is 1. The fourth-order valence-electron chi connectivity index (χ4n) is 2.69. The summed E-state index contributed by atoms with van der Waals surface area (Å²) in [7, 11) is 0. The Kier molecular flexibility index (Phi) is 3.73. The number of fused-ring (bicyclic) bond motifs is 3. The van der Waals surface area contributed by atoms with Crippen LogP contribution in [0.1, 0.15) is 19.4 Å².